The van der Waals surface area contributed by atoms with Gasteiger partial charge < -0.3 is 19.4 Å². The van der Waals surface area contributed by atoms with Crippen molar-refractivity contribution in [3.8, 4) is 5.75 Å². The van der Waals surface area contributed by atoms with E-state index in [0.29, 0.717) is 13.2 Å². The van der Waals surface area contributed by atoms with Gasteiger partial charge in [0.1, 0.15) is 12.4 Å². The lowest BCUT2D eigenvalue weighted by Gasteiger charge is -2.31. The summed E-state index contributed by atoms with van der Waals surface area (Å²) in [6.45, 7) is 3.15. The molecule has 1 aliphatic rings. The molecule has 0 amide bonds. The Morgan fingerprint density at radius 3 is 3.00 bits per heavy atom. The highest BCUT2D eigenvalue weighted by Crippen LogP contribution is 2.22. The van der Waals surface area contributed by atoms with Crippen LogP contribution in [0.25, 0.3) is 0 Å². The van der Waals surface area contributed by atoms with Crippen LogP contribution in [-0.2, 0) is 22.7 Å². The van der Waals surface area contributed by atoms with E-state index in [4.69, 9.17) is 14.3 Å². The second kappa shape index (κ2) is 7.42. The van der Waals surface area contributed by atoms with Gasteiger partial charge in [0.2, 0.25) is 11.2 Å². The molecule has 0 bridgehead atoms. The molecule has 0 unspecified atom stereocenters. The number of esters is 1. The van der Waals surface area contributed by atoms with Crippen molar-refractivity contribution in [1.82, 2.24) is 4.90 Å². The zero-order chi connectivity index (χ0) is 16.1. The topological polar surface area (TPSA) is 100 Å². The van der Waals surface area contributed by atoms with Crippen molar-refractivity contribution in [2.75, 3.05) is 19.7 Å². The summed E-state index contributed by atoms with van der Waals surface area (Å²) in [5.74, 6) is -0.654. The summed E-state index contributed by atoms with van der Waals surface area (Å²) in [7, 11) is 0. The summed E-state index contributed by atoms with van der Waals surface area (Å²) in [6.07, 6.45) is 1.59. The molecule has 1 saturated heterocycles. The first-order chi connectivity index (χ1) is 10.5. The van der Waals surface area contributed by atoms with E-state index in [1.54, 1.807) is 6.92 Å². The van der Waals surface area contributed by atoms with Gasteiger partial charge in [-0.2, -0.15) is 0 Å². The average molecular weight is 311 g/mol. The van der Waals surface area contributed by atoms with E-state index in [-0.39, 0.29) is 30.0 Å². The molecule has 2 heterocycles. The number of hydrogen-bond donors (Lipinski definition) is 2. The maximum absolute atomic E-state index is 11.8. The number of piperidine rings is 1. The quantitative estimate of drug-likeness (QED) is 0.768. The second-order valence-electron chi connectivity index (χ2n) is 5.33. The number of carbonyl (C=O) groups excluding carboxylic acids is 1. The molecular formula is C15H21NO6. The first kappa shape index (κ1) is 16.5. The van der Waals surface area contributed by atoms with E-state index in [0.717, 1.165) is 25.5 Å². The molecule has 2 N–H and O–H groups in total. The minimum Gasteiger partial charge on any atom is -0.502 e. The Balaban J connectivity index is 2.09. The van der Waals surface area contributed by atoms with Gasteiger partial charge in [0, 0.05) is 12.6 Å². The van der Waals surface area contributed by atoms with Crippen LogP contribution in [-0.4, -0.2) is 40.8 Å². The number of nitrogens with zero attached hydrogens (tertiary/aromatic N) is 1. The van der Waals surface area contributed by atoms with Gasteiger partial charge in [0.15, 0.2) is 5.76 Å². The number of hydrogen-bond acceptors (Lipinski definition) is 7. The van der Waals surface area contributed by atoms with Crippen LogP contribution in [0.2, 0.25) is 0 Å². The van der Waals surface area contributed by atoms with Crippen LogP contribution in [0.15, 0.2) is 15.3 Å². The van der Waals surface area contributed by atoms with Gasteiger partial charge >= 0.3 is 5.97 Å². The predicted molar refractivity (Wildman–Crippen MR) is 77.2 cm³/mol. The van der Waals surface area contributed by atoms with Crippen LogP contribution in [0, 0.1) is 5.92 Å². The molecule has 1 aromatic heterocycles. The van der Waals surface area contributed by atoms with Crippen molar-refractivity contribution < 1.29 is 24.2 Å². The molecule has 1 atom stereocenters. The lowest BCUT2D eigenvalue weighted by atomic mass is 9.98. The molecule has 122 valence electrons. The van der Waals surface area contributed by atoms with Crippen molar-refractivity contribution in [3.05, 3.63) is 27.8 Å². The second-order valence-corrected chi connectivity index (χ2v) is 5.33. The summed E-state index contributed by atoms with van der Waals surface area (Å²) in [5.41, 5.74) is -0.579. The Bertz CT molecular complexity index is 582. The zero-order valence-electron chi connectivity index (χ0n) is 12.6. The van der Waals surface area contributed by atoms with Crippen molar-refractivity contribution >= 4 is 5.97 Å². The van der Waals surface area contributed by atoms with Crippen LogP contribution < -0.4 is 5.43 Å². The number of ether oxygens (including phenoxy) is 1. The molecule has 1 aromatic rings. The lowest BCUT2D eigenvalue weighted by molar-refractivity contribution is -0.150. The van der Waals surface area contributed by atoms with Crippen molar-refractivity contribution in [1.29, 1.82) is 0 Å². The minimum absolute atomic E-state index is 0.108. The first-order valence-corrected chi connectivity index (χ1v) is 7.39. The maximum atomic E-state index is 11.8. The minimum atomic E-state index is -0.579. The molecule has 0 radical (unpaired) electrons. The Kier molecular flexibility index (Phi) is 5.57. The smallest absolute Gasteiger partial charge is 0.310 e. The Labute approximate surface area is 128 Å². The number of rotatable bonds is 5. The molecule has 0 spiro atoms. The largest absolute Gasteiger partial charge is 0.502 e. The summed E-state index contributed by atoms with van der Waals surface area (Å²) < 4.78 is 10.4. The normalized spacial score (nSPS) is 19.1. The number of likely N-dealkylation sites (tertiary alicyclic amines) is 1. The van der Waals surface area contributed by atoms with E-state index in [2.05, 4.69) is 0 Å². The molecule has 22 heavy (non-hydrogen) atoms. The third-order valence-corrected chi connectivity index (χ3v) is 3.69. The van der Waals surface area contributed by atoms with E-state index in [1.165, 1.54) is 0 Å². The average Bonchev–Trinajstić information content (AvgIpc) is 2.52. The van der Waals surface area contributed by atoms with Crippen LogP contribution in [0.4, 0.5) is 0 Å². The monoisotopic (exact) mass is 311 g/mol. The van der Waals surface area contributed by atoms with E-state index >= 15 is 0 Å². The Hall–Kier alpha value is -1.86. The Morgan fingerprint density at radius 2 is 2.32 bits per heavy atom. The van der Waals surface area contributed by atoms with Crippen LogP contribution >= 0.6 is 0 Å². The molecule has 0 aromatic carbocycles. The molecular weight excluding hydrogens is 290 g/mol. The summed E-state index contributed by atoms with van der Waals surface area (Å²) in [4.78, 5) is 25.4. The van der Waals surface area contributed by atoms with Crippen LogP contribution in [0.5, 0.6) is 5.75 Å². The first-order valence-electron chi connectivity index (χ1n) is 7.39. The molecule has 7 heteroatoms. The van der Waals surface area contributed by atoms with Gasteiger partial charge in [-0.1, -0.05) is 0 Å². The standard InChI is InChI=1S/C15H21NO6/c1-2-21-15(20)10-4-3-5-16(7-10)8-13-14(19)12(18)6-11(9-17)22-13/h6,10,17,19H,2-5,7-9H2,1H3/t10-/m0/s1. The molecule has 1 fully saturated rings. The molecule has 0 saturated carbocycles. The van der Waals surface area contributed by atoms with E-state index in [9.17, 15) is 14.7 Å². The third kappa shape index (κ3) is 3.86. The number of aromatic hydroxyl groups is 1. The Morgan fingerprint density at radius 1 is 1.55 bits per heavy atom. The third-order valence-electron chi connectivity index (χ3n) is 3.69. The van der Waals surface area contributed by atoms with E-state index < -0.39 is 17.8 Å². The van der Waals surface area contributed by atoms with Gasteiger partial charge in [-0.05, 0) is 26.3 Å². The zero-order valence-corrected chi connectivity index (χ0v) is 12.6. The number of aliphatic hydroxyl groups excluding tert-OH is 1. The van der Waals surface area contributed by atoms with Gasteiger partial charge in [0.05, 0.1) is 19.1 Å². The van der Waals surface area contributed by atoms with Crippen molar-refractivity contribution in [3.63, 3.8) is 0 Å². The van der Waals surface area contributed by atoms with Crippen LogP contribution in [0.1, 0.15) is 31.3 Å². The number of carbonyl (C=O) groups is 1. The predicted octanol–water partition coefficient (Wildman–Crippen LogP) is 0.613. The summed E-state index contributed by atoms with van der Waals surface area (Å²) in [6, 6.07) is 1.07. The van der Waals surface area contributed by atoms with Crippen molar-refractivity contribution in [2.24, 2.45) is 5.92 Å². The van der Waals surface area contributed by atoms with Gasteiger partial charge in [0.25, 0.3) is 0 Å². The van der Waals surface area contributed by atoms with E-state index in [1.807, 2.05) is 4.90 Å². The molecule has 7 nitrogen and oxygen atoms in total. The lowest BCUT2D eigenvalue weighted by Crippen LogP contribution is -2.39. The van der Waals surface area contributed by atoms with Gasteiger partial charge in [-0.15, -0.1) is 0 Å². The SMILES string of the molecule is CCOC(=O)[C@H]1CCCN(Cc2oc(CO)cc(=O)c2O)C1. The van der Waals surface area contributed by atoms with Crippen molar-refractivity contribution in [2.45, 2.75) is 32.9 Å². The fourth-order valence-electron chi connectivity index (χ4n) is 2.63. The molecule has 2 rings (SSSR count). The van der Waals surface area contributed by atoms with Gasteiger partial charge in [-0.3, -0.25) is 14.5 Å². The molecule has 1 aliphatic heterocycles. The maximum Gasteiger partial charge on any atom is 0.310 e. The number of aliphatic hydroxyl groups is 1. The van der Waals surface area contributed by atoms with Gasteiger partial charge in [-0.25, -0.2) is 0 Å². The summed E-state index contributed by atoms with van der Waals surface area (Å²) >= 11 is 0. The fourth-order valence-corrected chi connectivity index (χ4v) is 2.63. The highest BCUT2D eigenvalue weighted by molar-refractivity contribution is 5.72. The fraction of sp³-hybridized carbons (Fsp3) is 0.600. The highest BCUT2D eigenvalue weighted by atomic mass is 16.5. The summed E-state index contributed by atoms with van der Waals surface area (Å²) in [5, 5.41) is 18.9. The molecule has 0 aliphatic carbocycles. The van der Waals surface area contributed by atoms with Crippen LogP contribution in [0.3, 0.4) is 0 Å². The highest BCUT2D eigenvalue weighted by Gasteiger charge is 2.28.